The van der Waals surface area contributed by atoms with Crippen molar-refractivity contribution in [1.82, 2.24) is 4.72 Å². The van der Waals surface area contributed by atoms with Crippen LogP contribution in [0.3, 0.4) is 0 Å². The topological polar surface area (TPSA) is 55.4 Å². The Balaban J connectivity index is 2.43. The molecule has 0 aliphatic rings. The maximum absolute atomic E-state index is 11.6. The second-order valence-corrected chi connectivity index (χ2v) is 5.98. The quantitative estimate of drug-likeness (QED) is 0.588. The highest BCUT2D eigenvalue weighted by molar-refractivity contribution is 7.89. The standard InChI is InChI=1S/C12H18ClNO3S/c1-2-17-7-8-18(15,16)14-10-12-5-3-11(9-13)4-6-12/h3-6,14H,2,7-10H2,1H3. The molecule has 0 amide bonds. The fourth-order valence-corrected chi connectivity index (χ4v) is 2.37. The zero-order valence-electron chi connectivity index (χ0n) is 10.4. The molecule has 0 saturated heterocycles. The van der Waals surface area contributed by atoms with Gasteiger partial charge in [0, 0.05) is 19.0 Å². The lowest BCUT2D eigenvalue weighted by atomic mass is 10.1. The average molecular weight is 292 g/mol. The zero-order valence-corrected chi connectivity index (χ0v) is 11.9. The number of hydrogen-bond donors (Lipinski definition) is 1. The van der Waals surface area contributed by atoms with Crippen LogP contribution >= 0.6 is 11.6 Å². The van der Waals surface area contributed by atoms with Crippen LogP contribution < -0.4 is 4.72 Å². The lowest BCUT2D eigenvalue weighted by Gasteiger charge is -2.07. The third kappa shape index (κ3) is 5.82. The third-order valence-electron chi connectivity index (χ3n) is 2.37. The number of rotatable bonds is 8. The second kappa shape index (κ2) is 7.74. The summed E-state index contributed by atoms with van der Waals surface area (Å²) in [5.41, 5.74) is 1.92. The lowest BCUT2D eigenvalue weighted by molar-refractivity contribution is 0.163. The Labute approximate surface area is 113 Å². The van der Waals surface area contributed by atoms with E-state index in [-0.39, 0.29) is 18.9 Å². The van der Waals surface area contributed by atoms with Gasteiger partial charge in [0.25, 0.3) is 0 Å². The summed E-state index contributed by atoms with van der Waals surface area (Å²) in [6.07, 6.45) is 0. The van der Waals surface area contributed by atoms with Gasteiger partial charge in [-0.25, -0.2) is 13.1 Å². The number of ether oxygens (including phenoxy) is 1. The Morgan fingerprint density at radius 2 is 1.83 bits per heavy atom. The number of sulfonamides is 1. The summed E-state index contributed by atoms with van der Waals surface area (Å²) in [6.45, 7) is 2.86. The Kier molecular flexibility index (Phi) is 6.63. The van der Waals surface area contributed by atoms with Crippen molar-refractivity contribution >= 4 is 21.6 Å². The fourth-order valence-electron chi connectivity index (χ4n) is 1.32. The molecule has 18 heavy (non-hydrogen) atoms. The van der Waals surface area contributed by atoms with Gasteiger partial charge in [-0.3, -0.25) is 0 Å². The molecule has 0 unspecified atom stereocenters. The van der Waals surface area contributed by atoms with E-state index in [0.29, 0.717) is 12.5 Å². The molecule has 0 aliphatic carbocycles. The first kappa shape index (κ1) is 15.4. The number of nitrogens with one attached hydrogen (secondary N) is 1. The van der Waals surface area contributed by atoms with Crippen LogP contribution in [-0.2, 0) is 27.2 Å². The summed E-state index contributed by atoms with van der Waals surface area (Å²) in [4.78, 5) is 0. The molecule has 0 atom stereocenters. The monoisotopic (exact) mass is 291 g/mol. The Morgan fingerprint density at radius 3 is 2.39 bits per heavy atom. The fraction of sp³-hybridized carbons (Fsp3) is 0.500. The van der Waals surface area contributed by atoms with Gasteiger partial charge in [-0.2, -0.15) is 0 Å². The maximum atomic E-state index is 11.6. The van der Waals surface area contributed by atoms with Crippen LogP contribution in [0.25, 0.3) is 0 Å². The van der Waals surface area contributed by atoms with Gasteiger partial charge in [0.05, 0.1) is 12.4 Å². The van der Waals surface area contributed by atoms with Crippen LogP contribution in [0.5, 0.6) is 0 Å². The number of hydrogen-bond acceptors (Lipinski definition) is 3. The summed E-state index contributed by atoms with van der Waals surface area (Å²) >= 11 is 5.67. The van der Waals surface area contributed by atoms with Gasteiger partial charge in [0.15, 0.2) is 0 Å². The number of halogens is 1. The first-order chi connectivity index (χ1) is 8.57. The Hall–Kier alpha value is -0.620. The van der Waals surface area contributed by atoms with E-state index in [1.54, 1.807) is 0 Å². The van der Waals surface area contributed by atoms with Crippen LogP contribution in [0.4, 0.5) is 0 Å². The van der Waals surface area contributed by atoms with Crippen molar-refractivity contribution in [2.45, 2.75) is 19.3 Å². The molecule has 4 nitrogen and oxygen atoms in total. The molecule has 6 heteroatoms. The van der Waals surface area contributed by atoms with Crippen molar-refractivity contribution in [3.8, 4) is 0 Å². The van der Waals surface area contributed by atoms with E-state index in [2.05, 4.69) is 4.72 Å². The van der Waals surface area contributed by atoms with Crippen LogP contribution in [0.2, 0.25) is 0 Å². The highest BCUT2D eigenvalue weighted by Crippen LogP contribution is 2.07. The lowest BCUT2D eigenvalue weighted by Crippen LogP contribution is -2.28. The summed E-state index contributed by atoms with van der Waals surface area (Å²) in [6, 6.07) is 7.50. The zero-order chi connectivity index (χ0) is 13.4. The van der Waals surface area contributed by atoms with E-state index in [1.807, 2.05) is 31.2 Å². The van der Waals surface area contributed by atoms with Crippen LogP contribution in [0.1, 0.15) is 18.1 Å². The molecule has 0 aromatic heterocycles. The number of benzene rings is 1. The maximum Gasteiger partial charge on any atom is 0.214 e. The molecule has 1 aromatic carbocycles. The van der Waals surface area contributed by atoms with Crippen molar-refractivity contribution in [2.24, 2.45) is 0 Å². The minimum atomic E-state index is -3.27. The van der Waals surface area contributed by atoms with Crippen LogP contribution in [0, 0.1) is 0 Å². The van der Waals surface area contributed by atoms with Crippen molar-refractivity contribution in [3.05, 3.63) is 35.4 Å². The van der Waals surface area contributed by atoms with Gasteiger partial charge in [0.1, 0.15) is 0 Å². The van der Waals surface area contributed by atoms with Gasteiger partial charge in [-0.1, -0.05) is 24.3 Å². The first-order valence-electron chi connectivity index (χ1n) is 5.76. The van der Waals surface area contributed by atoms with Crippen molar-refractivity contribution in [2.75, 3.05) is 19.0 Å². The SMILES string of the molecule is CCOCCS(=O)(=O)NCc1ccc(CCl)cc1. The summed E-state index contributed by atoms with van der Waals surface area (Å²) < 4.78 is 30.7. The highest BCUT2D eigenvalue weighted by Gasteiger charge is 2.09. The molecule has 1 N–H and O–H groups in total. The predicted molar refractivity (Wildman–Crippen MR) is 73.1 cm³/mol. The minimum Gasteiger partial charge on any atom is -0.381 e. The van der Waals surface area contributed by atoms with Gasteiger partial charge in [-0.05, 0) is 18.1 Å². The van der Waals surface area contributed by atoms with Gasteiger partial charge in [0.2, 0.25) is 10.0 Å². The van der Waals surface area contributed by atoms with E-state index in [9.17, 15) is 8.42 Å². The average Bonchev–Trinajstić information content (AvgIpc) is 2.37. The van der Waals surface area contributed by atoms with Crippen molar-refractivity contribution in [1.29, 1.82) is 0 Å². The van der Waals surface area contributed by atoms with E-state index in [1.165, 1.54) is 0 Å². The molecule has 0 bridgehead atoms. The Bertz CT molecular complexity index is 445. The molecule has 0 fully saturated rings. The van der Waals surface area contributed by atoms with E-state index in [4.69, 9.17) is 16.3 Å². The predicted octanol–water partition coefficient (Wildman–Crippen LogP) is 1.88. The molecular weight excluding hydrogens is 274 g/mol. The third-order valence-corrected chi connectivity index (χ3v) is 3.97. The largest absolute Gasteiger partial charge is 0.381 e. The number of alkyl halides is 1. The van der Waals surface area contributed by atoms with E-state index < -0.39 is 10.0 Å². The highest BCUT2D eigenvalue weighted by atomic mass is 35.5. The van der Waals surface area contributed by atoms with Gasteiger partial charge < -0.3 is 4.74 Å². The molecule has 1 aromatic rings. The summed E-state index contributed by atoms with van der Waals surface area (Å²) in [7, 11) is -3.27. The second-order valence-electron chi connectivity index (χ2n) is 3.79. The molecule has 0 spiro atoms. The molecule has 0 aliphatic heterocycles. The van der Waals surface area contributed by atoms with Gasteiger partial charge >= 0.3 is 0 Å². The summed E-state index contributed by atoms with van der Waals surface area (Å²) in [5, 5.41) is 0. The summed E-state index contributed by atoms with van der Waals surface area (Å²) in [5.74, 6) is 0.445. The molecular formula is C12H18ClNO3S. The van der Waals surface area contributed by atoms with E-state index >= 15 is 0 Å². The van der Waals surface area contributed by atoms with Crippen molar-refractivity contribution < 1.29 is 13.2 Å². The van der Waals surface area contributed by atoms with Crippen molar-refractivity contribution in [3.63, 3.8) is 0 Å². The molecule has 102 valence electrons. The first-order valence-corrected chi connectivity index (χ1v) is 7.95. The molecule has 0 heterocycles. The smallest absolute Gasteiger partial charge is 0.214 e. The molecule has 0 saturated carbocycles. The molecule has 0 radical (unpaired) electrons. The van der Waals surface area contributed by atoms with Gasteiger partial charge in [-0.15, -0.1) is 11.6 Å². The van der Waals surface area contributed by atoms with E-state index in [0.717, 1.165) is 11.1 Å². The minimum absolute atomic E-state index is 0.0133. The molecule has 1 rings (SSSR count). The van der Waals surface area contributed by atoms with Crippen LogP contribution in [-0.4, -0.2) is 27.4 Å². The normalized spacial score (nSPS) is 11.7. The van der Waals surface area contributed by atoms with Crippen LogP contribution in [0.15, 0.2) is 24.3 Å². The Morgan fingerprint density at radius 1 is 1.22 bits per heavy atom.